The van der Waals surface area contributed by atoms with Crippen molar-refractivity contribution in [2.75, 3.05) is 24.2 Å². The van der Waals surface area contributed by atoms with Crippen molar-refractivity contribution in [1.82, 2.24) is 9.97 Å². The number of anilines is 1. The molecule has 6 heteroatoms. The number of hydrogen-bond acceptors (Lipinski definition) is 6. The number of esters is 1. The van der Waals surface area contributed by atoms with E-state index in [2.05, 4.69) is 22.2 Å². The average Bonchev–Trinajstić information content (AvgIpc) is 2.36. The lowest BCUT2D eigenvalue weighted by Crippen LogP contribution is -2.08. The van der Waals surface area contributed by atoms with Gasteiger partial charge in [0.2, 0.25) is 0 Å². The fourth-order valence-electron chi connectivity index (χ4n) is 1.47. The molecule has 1 rings (SSSR count). The lowest BCUT2D eigenvalue weighted by atomic mass is 10.4. The van der Waals surface area contributed by atoms with Crippen molar-refractivity contribution in [3.63, 3.8) is 0 Å². The lowest BCUT2D eigenvalue weighted by molar-refractivity contribution is -0.139. The summed E-state index contributed by atoms with van der Waals surface area (Å²) in [5.74, 6) is 2.35. The standard InChI is InChI=1S/C13H21N3O2S/c1-4-6-14-11-7-10(3)15-12(16-11)8-19-9-13(17)18-5-2/h7H,4-6,8-9H2,1-3H3,(H,14,15,16). The van der Waals surface area contributed by atoms with Crippen LogP contribution in [0.15, 0.2) is 6.07 Å². The quantitative estimate of drug-likeness (QED) is 0.739. The Labute approximate surface area is 118 Å². The summed E-state index contributed by atoms with van der Waals surface area (Å²) in [5.41, 5.74) is 0.931. The molecule has 1 heterocycles. The molecule has 0 unspecified atom stereocenters. The van der Waals surface area contributed by atoms with E-state index < -0.39 is 0 Å². The Balaban J connectivity index is 2.48. The molecule has 0 saturated carbocycles. The zero-order chi connectivity index (χ0) is 14.1. The number of ether oxygens (including phenoxy) is 1. The predicted octanol–water partition coefficient (Wildman–Crippen LogP) is 2.40. The number of aryl methyl sites for hydroxylation is 1. The van der Waals surface area contributed by atoms with Crippen LogP contribution >= 0.6 is 11.8 Å². The highest BCUT2D eigenvalue weighted by atomic mass is 32.2. The molecule has 0 radical (unpaired) electrons. The Hall–Kier alpha value is -1.30. The molecule has 1 aromatic rings. The first-order chi connectivity index (χ1) is 9.15. The highest BCUT2D eigenvalue weighted by Gasteiger charge is 2.05. The van der Waals surface area contributed by atoms with E-state index in [1.807, 2.05) is 13.0 Å². The predicted molar refractivity (Wildman–Crippen MR) is 78.3 cm³/mol. The topological polar surface area (TPSA) is 64.1 Å². The molecule has 106 valence electrons. The minimum absolute atomic E-state index is 0.190. The molecule has 0 aliphatic rings. The number of aromatic nitrogens is 2. The molecule has 0 atom stereocenters. The van der Waals surface area contributed by atoms with Crippen LogP contribution in [0.4, 0.5) is 5.82 Å². The minimum atomic E-state index is -0.190. The van der Waals surface area contributed by atoms with Crippen LogP contribution in [-0.2, 0) is 15.3 Å². The molecule has 1 aromatic heterocycles. The average molecular weight is 283 g/mol. The fourth-order valence-corrected chi connectivity index (χ4v) is 2.13. The van der Waals surface area contributed by atoms with Gasteiger partial charge in [0.15, 0.2) is 0 Å². The van der Waals surface area contributed by atoms with Crippen molar-refractivity contribution >= 4 is 23.5 Å². The molecular weight excluding hydrogens is 262 g/mol. The van der Waals surface area contributed by atoms with Crippen molar-refractivity contribution in [3.05, 3.63) is 17.6 Å². The Kier molecular flexibility index (Phi) is 7.25. The van der Waals surface area contributed by atoms with E-state index in [9.17, 15) is 4.79 Å². The third-order valence-electron chi connectivity index (χ3n) is 2.21. The summed E-state index contributed by atoms with van der Waals surface area (Å²) in [4.78, 5) is 20.0. The lowest BCUT2D eigenvalue weighted by Gasteiger charge is -2.07. The summed E-state index contributed by atoms with van der Waals surface area (Å²) in [6.45, 7) is 7.17. The molecule has 0 aliphatic carbocycles. The second-order valence-electron chi connectivity index (χ2n) is 4.04. The summed E-state index contributed by atoms with van der Waals surface area (Å²) >= 11 is 1.47. The van der Waals surface area contributed by atoms with E-state index in [0.717, 1.165) is 30.3 Å². The van der Waals surface area contributed by atoms with Crippen LogP contribution in [0.3, 0.4) is 0 Å². The van der Waals surface area contributed by atoms with Crippen LogP contribution in [0, 0.1) is 6.92 Å². The molecule has 0 aromatic carbocycles. The van der Waals surface area contributed by atoms with Gasteiger partial charge >= 0.3 is 5.97 Å². The SMILES string of the molecule is CCCNc1cc(C)nc(CSCC(=O)OCC)n1. The van der Waals surface area contributed by atoms with Crippen molar-refractivity contribution < 1.29 is 9.53 Å². The van der Waals surface area contributed by atoms with Crippen LogP contribution < -0.4 is 5.32 Å². The summed E-state index contributed by atoms with van der Waals surface area (Å²) in [6, 6.07) is 1.93. The second-order valence-corrected chi connectivity index (χ2v) is 5.02. The van der Waals surface area contributed by atoms with Gasteiger partial charge in [0, 0.05) is 18.3 Å². The zero-order valence-electron chi connectivity index (χ0n) is 11.7. The van der Waals surface area contributed by atoms with Gasteiger partial charge in [-0.05, 0) is 20.3 Å². The van der Waals surface area contributed by atoms with Gasteiger partial charge in [0.1, 0.15) is 11.6 Å². The molecule has 0 spiro atoms. The summed E-state index contributed by atoms with van der Waals surface area (Å²) < 4.78 is 4.87. The third kappa shape index (κ3) is 6.42. The normalized spacial score (nSPS) is 10.3. The van der Waals surface area contributed by atoms with Crippen LogP contribution in [0.2, 0.25) is 0 Å². The van der Waals surface area contributed by atoms with Crippen LogP contribution in [-0.4, -0.2) is 34.8 Å². The molecular formula is C13H21N3O2S. The maximum absolute atomic E-state index is 11.2. The minimum Gasteiger partial charge on any atom is -0.465 e. The van der Waals surface area contributed by atoms with Crippen LogP contribution in [0.5, 0.6) is 0 Å². The molecule has 0 aliphatic heterocycles. The molecule has 0 amide bonds. The Morgan fingerprint density at radius 1 is 1.42 bits per heavy atom. The van der Waals surface area contributed by atoms with E-state index in [-0.39, 0.29) is 5.97 Å². The highest BCUT2D eigenvalue weighted by Crippen LogP contribution is 2.12. The monoisotopic (exact) mass is 283 g/mol. The van der Waals surface area contributed by atoms with Gasteiger partial charge in [-0.25, -0.2) is 9.97 Å². The van der Waals surface area contributed by atoms with E-state index in [0.29, 0.717) is 18.1 Å². The summed E-state index contributed by atoms with van der Waals surface area (Å²) in [6.07, 6.45) is 1.05. The first kappa shape index (κ1) is 15.8. The number of nitrogens with one attached hydrogen (secondary N) is 1. The largest absolute Gasteiger partial charge is 0.465 e. The number of thioether (sulfide) groups is 1. The second kappa shape index (κ2) is 8.74. The first-order valence-corrected chi connectivity index (χ1v) is 7.63. The molecule has 0 fully saturated rings. The molecule has 5 nitrogen and oxygen atoms in total. The van der Waals surface area contributed by atoms with E-state index in [4.69, 9.17) is 4.74 Å². The number of carbonyl (C=O) groups excluding carboxylic acids is 1. The Morgan fingerprint density at radius 2 is 2.21 bits per heavy atom. The van der Waals surface area contributed by atoms with E-state index >= 15 is 0 Å². The maximum atomic E-state index is 11.2. The molecule has 1 N–H and O–H groups in total. The zero-order valence-corrected chi connectivity index (χ0v) is 12.5. The molecule has 0 bridgehead atoms. The van der Waals surface area contributed by atoms with Gasteiger partial charge in [-0.2, -0.15) is 0 Å². The van der Waals surface area contributed by atoms with Gasteiger partial charge in [0.25, 0.3) is 0 Å². The van der Waals surface area contributed by atoms with Crippen LogP contribution in [0.1, 0.15) is 31.8 Å². The van der Waals surface area contributed by atoms with Crippen molar-refractivity contribution in [3.8, 4) is 0 Å². The van der Waals surface area contributed by atoms with Gasteiger partial charge in [-0.3, -0.25) is 4.79 Å². The summed E-state index contributed by atoms with van der Waals surface area (Å²) in [7, 11) is 0. The Bertz CT molecular complexity index is 413. The summed E-state index contributed by atoms with van der Waals surface area (Å²) in [5, 5.41) is 3.24. The third-order valence-corrected chi connectivity index (χ3v) is 3.12. The van der Waals surface area contributed by atoms with Crippen molar-refractivity contribution in [2.24, 2.45) is 0 Å². The van der Waals surface area contributed by atoms with Crippen molar-refractivity contribution in [1.29, 1.82) is 0 Å². The molecule has 0 saturated heterocycles. The smallest absolute Gasteiger partial charge is 0.315 e. The highest BCUT2D eigenvalue weighted by molar-refractivity contribution is 7.99. The first-order valence-electron chi connectivity index (χ1n) is 6.47. The van der Waals surface area contributed by atoms with Gasteiger partial charge in [0.05, 0.1) is 18.1 Å². The number of hydrogen-bond donors (Lipinski definition) is 1. The number of nitrogens with zero attached hydrogens (tertiary/aromatic N) is 2. The van der Waals surface area contributed by atoms with Gasteiger partial charge in [-0.1, -0.05) is 6.92 Å². The number of carbonyl (C=O) groups is 1. The maximum Gasteiger partial charge on any atom is 0.315 e. The fraction of sp³-hybridized carbons (Fsp3) is 0.615. The van der Waals surface area contributed by atoms with Gasteiger partial charge < -0.3 is 10.1 Å². The van der Waals surface area contributed by atoms with Crippen molar-refractivity contribution in [2.45, 2.75) is 32.9 Å². The Morgan fingerprint density at radius 3 is 2.89 bits per heavy atom. The number of rotatable bonds is 8. The van der Waals surface area contributed by atoms with E-state index in [1.165, 1.54) is 11.8 Å². The van der Waals surface area contributed by atoms with Gasteiger partial charge in [-0.15, -0.1) is 11.8 Å². The van der Waals surface area contributed by atoms with Crippen LogP contribution in [0.25, 0.3) is 0 Å². The van der Waals surface area contributed by atoms with E-state index in [1.54, 1.807) is 6.92 Å². The molecule has 19 heavy (non-hydrogen) atoms.